The zero-order valence-electron chi connectivity index (χ0n) is 66.8. The number of carbonyl (C=O) groups is 8. The second kappa shape index (κ2) is 61.1. The fourth-order valence-electron chi connectivity index (χ4n) is 10.7. The maximum atomic E-state index is 13.4. The minimum Gasteiger partial charge on any atom is -0.444 e. The summed E-state index contributed by atoms with van der Waals surface area (Å²) in [7, 11) is 1.87. The molecule has 100 heavy (non-hydrogen) atoms. The highest BCUT2D eigenvalue weighted by Gasteiger charge is 2.27. The molecule has 2 atom stereocenters. The number of nitrogens with zero attached hydrogens (tertiary/aromatic N) is 2. The van der Waals surface area contributed by atoms with Gasteiger partial charge in [0.2, 0.25) is 17.7 Å². The monoisotopic (exact) mass is 1420 g/mol. The van der Waals surface area contributed by atoms with E-state index in [4.69, 9.17) is 18.9 Å². The lowest BCUT2D eigenvalue weighted by Gasteiger charge is -2.29. The van der Waals surface area contributed by atoms with Crippen molar-refractivity contribution < 1.29 is 57.3 Å². The van der Waals surface area contributed by atoms with Gasteiger partial charge in [-0.3, -0.25) is 19.2 Å². The number of nitrogens with one attached hydrogen (secondary N) is 6. The zero-order valence-corrected chi connectivity index (χ0v) is 66.8. The second-order valence-electron chi connectivity index (χ2n) is 31.1. The van der Waals surface area contributed by atoms with Crippen molar-refractivity contribution in [1.29, 1.82) is 0 Å². The van der Waals surface area contributed by atoms with E-state index in [-0.39, 0.29) is 36.1 Å². The van der Waals surface area contributed by atoms with Crippen LogP contribution in [-0.2, 0) is 38.1 Å². The molecule has 20 heteroatoms. The minimum absolute atomic E-state index is 0.0437. The SMILES string of the molecule is CCCCCCCC/C=C\CCCCCCCC(=O)NCCCCC(NC(=O)OC(C)(C)C)C(=O)NCCCN(CCCCN(CCCNC)C(=O)OC(C)(C)C)C(=O)OC(C)(C)C.CCCCCCCC/C=C\CCCCCCCC(=O)NCCCCC(NC(=O)OC(C)(C)C)C(C)=O. The van der Waals surface area contributed by atoms with Crippen LogP contribution in [0.4, 0.5) is 19.2 Å². The van der Waals surface area contributed by atoms with Crippen molar-refractivity contribution in [2.75, 3.05) is 59.4 Å². The third-order valence-electron chi connectivity index (χ3n) is 16.2. The van der Waals surface area contributed by atoms with Gasteiger partial charge in [-0.05, 0) is 232 Å². The number of ketones is 1. The number of carbonyl (C=O) groups excluding carboxylic acids is 8. The van der Waals surface area contributed by atoms with Crippen molar-refractivity contribution in [3.8, 4) is 0 Å². The van der Waals surface area contributed by atoms with Gasteiger partial charge < -0.3 is 60.6 Å². The van der Waals surface area contributed by atoms with Crippen LogP contribution in [0.2, 0.25) is 0 Å². The first-order valence-electron chi connectivity index (χ1n) is 39.5. The smallest absolute Gasteiger partial charge is 0.410 e. The average molecular weight is 1420 g/mol. The predicted molar refractivity (Wildman–Crippen MR) is 411 cm³/mol. The summed E-state index contributed by atoms with van der Waals surface area (Å²) in [6.45, 7) is 31.6. The van der Waals surface area contributed by atoms with Gasteiger partial charge in [-0.15, -0.1) is 0 Å². The van der Waals surface area contributed by atoms with Crippen LogP contribution in [-0.4, -0.2) is 152 Å². The van der Waals surface area contributed by atoms with E-state index in [1.165, 1.54) is 135 Å². The quantitative estimate of drug-likeness (QED) is 0.0188. The van der Waals surface area contributed by atoms with Crippen LogP contribution in [0.25, 0.3) is 0 Å². The third kappa shape index (κ3) is 67.1. The highest BCUT2D eigenvalue weighted by molar-refractivity contribution is 5.86. The fourth-order valence-corrected chi connectivity index (χ4v) is 10.7. The summed E-state index contributed by atoms with van der Waals surface area (Å²) in [6.07, 6.45) is 46.7. The molecule has 6 N–H and O–H groups in total. The Labute approximate surface area is 610 Å². The standard InChI is InChI=1S/C50H96N6O8.C30H56N2O4/c1-12-13-14-15-16-17-18-19-20-21-22-23-24-25-26-34-43(57)52-36-28-27-33-42(54-45(59)62-48(2,3)4)44(58)53-37-32-41-56(47(61)64-50(8,9)10)39-30-29-38-55(40-31-35-51-11)46(60)63-49(5,6)7;1-6-7-8-9-10-11-12-13-14-15-16-17-18-19-20-24-28(34)31-25-22-21-23-27(26(2)33)32-29(35)36-30(3,4)5/h19-20,42,51H,12-18,21-41H2,1-11H3,(H,52,57)(H,53,58)(H,54,59);13-14,27H,6-12,15-25H2,1-5H3,(H,31,34)(H,32,35)/b20-19-;14-13-. The fraction of sp³-hybridized carbons (Fsp3) is 0.850. The van der Waals surface area contributed by atoms with Gasteiger partial charge in [0.15, 0.2) is 5.78 Å². The minimum atomic E-state index is -0.829. The number of hydrogen-bond acceptors (Lipinski definition) is 13. The lowest BCUT2D eigenvalue weighted by molar-refractivity contribution is -0.123. The largest absolute Gasteiger partial charge is 0.444 e. The topological polar surface area (TPSA) is 252 Å². The Hall–Kier alpha value is -5.40. The lowest BCUT2D eigenvalue weighted by Crippen LogP contribution is -2.48. The van der Waals surface area contributed by atoms with Crippen LogP contribution in [0, 0.1) is 0 Å². The first kappa shape index (κ1) is 96.7. The molecule has 0 saturated heterocycles. The number of unbranched alkanes of at least 4 members (excludes halogenated alkanes) is 25. The molecule has 0 aliphatic rings. The van der Waals surface area contributed by atoms with E-state index < -0.39 is 52.8 Å². The van der Waals surface area contributed by atoms with Crippen LogP contribution in [0.15, 0.2) is 24.3 Å². The Kier molecular flexibility index (Phi) is 59.1. The molecule has 0 rings (SSSR count). The molecule has 2 unspecified atom stereocenters. The Balaban J connectivity index is 0. The number of rotatable bonds is 57. The third-order valence-corrected chi connectivity index (χ3v) is 16.2. The van der Waals surface area contributed by atoms with E-state index in [9.17, 15) is 38.4 Å². The Morgan fingerprint density at radius 1 is 0.350 bits per heavy atom. The van der Waals surface area contributed by atoms with E-state index >= 15 is 0 Å². The summed E-state index contributed by atoms with van der Waals surface area (Å²) < 4.78 is 22.0. The number of Topliss-reactive ketones (excluding diaryl/α,β-unsaturated/α-hetero) is 1. The van der Waals surface area contributed by atoms with Crippen molar-refractivity contribution in [1.82, 2.24) is 41.7 Å². The van der Waals surface area contributed by atoms with Gasteiger partial charge in [0, 0.05) is 58.7 Å². The van der Waals surface area contributed by atoms with Gasteiger partial charge in [0.25, 0.3) is 0 Å². The predicted octanol–water partition coefficient (Wildman–Crippen LogP) is 18.4. The maximum absolute atomic E-state index is 13.4. The van der Waals surface area contributed by atoms with Crippen LogP contribution in [0.1, 0.15) is 348 Å². The maximum Gasteiger partial charge on any atom is 0.410 e. The van der Waals surface area contributed by atoms with Gasteiger partial charge >= 0.3 is 24.4 Å². The highest BCUT2D eigenvalue weighted by Crippen LogP contribution is 2.17. The molecule has 0 aromatic rings. The molecule has 7 amide bonds. The molecule has 0 saturated carbocycles. The molecule has 20 nitrogen and oxygen atoms in total. The summed E-state index contributed by atoms with van der Waals surface area (Å²) in [4.78, 5) is 104. The van der Waals surface area contributed by atoms with Crippen LogP contribution < -0.4 is 31.9 Å². The molecular formula is C80H152N8O12. The Morgan fingerprint density at radius 2 is 0.660 bits per heavy atom. The first-order chi connectivity index (χ1) is 47.3. The van der Waals surface area contributed by atoms with Gasteiger partial charge in [-0.2, -0.15) is 0 Å². The summed E-state index contributed by atoms with van der Waals surface area (Å²) in [6, 6.07) is -1.38. The normalized spacial score (nSPS) is 12.4. The summed E-state index contributed by atoms with van der Waals surface area (Å²) >= 11 is 0. The highest BCUT2D eigenvalue weighted by atomic mass is 16.6. The second-order valence-corrected chi connectivity index (χ2v) is 31.1. The number of amides is 7. The first-order valence-corrected chi connectivity index (χ1v) is 39.5. The van der Waals surface area contributed by atoms with E-state index in [1.807, 2.05) is 48.6 Å². The molecule has 0 radical (unpaired) electrons. The summed E-state index contributed by atoms with van der Waals surface area (Å²) in [5.74, 6) is -0.290. The van der Waals surface area contributed by atoms with Crippen molar-refractivity contribution >= 4 is 47.9 Å². The van der Waals surface area contributed by atoms with Crippen molar-refractivity contribution in [3.05, 3.63) is 24.3 Å². The Bertz CT molecular complexity index is 2180. The molecule has 0 heterocycles. The van der Waals surface area contributed by atoms with E-state index in [2.05, 4.69) is 70.1 Å². The number of hydrogen-bond donors (Lipinski definition) is 6. The van der Waals surface area contributed by atoms with Gasteiger partial charge in [-0.25, -0.2) is 19.2 Å². The Morgan fingerprint density at radius 3 is 1.01 bits per heavy atom. The number of alkyl carbamates (subject to hydrolysis) is 2. The number of ether oxygens (including phenoxy) is 4. The molecule has 0 aromatic heterocycles. The van der Waals surface area contributed by atoms with Crippen molar-refractivity contribution in [3.63, 3.8) is 0 Å². The van der Waals surface area contributed by atoms with Gasteiger partial charge in [0.05, 0.1) is 6.04 Å². The van der Waals surface area contributed by atoms with Gasteiger partial charge in [0.1, 0.15) is 28.4 Å². The number of allylic oxidation sites excluding steroid dienone is 4. The molecule has 0 bridgehead atoms. The van der Waals surface area contributed by atoms with E-state index in [0.717, 1.165) is 64.3 Å². The molecule has 0 aliphatic carbocycles. The van der Waals surface area contributed by atoms with Crippen LogP contribution in [0.3, 0.4) is 0 Å². The van der Waals surface area contributed by atoms with Crippen molar-refractivity contribution in [2.45, 2.75) is 382 Å². The van der Waals surface area contributed by atoms with E-state index in [0.29, 0.717) is 97.1 Å². The van der Waals surface area contributed by atoms with E-state index in [1.54, 1.807) is 51.3 Å². The average Bonchev–Trinajstić information content (AvgIpc) is 1.10. The van der Waals surface area contributed by atoms with Gasteiger partial charge in [-0.1, -0.05) is 141 Å². The zero-order chi connectivity index (χ0) is 75.4. The summed E-state index contributed by atoms with van der Waals surface area (Å²) in [5.41, 5.74) is -2.61. The molecule has 0 spiro atoms. The van der Waals surface area contributed by atoms with Crippen LogP contribution >= 0.6 is 0 Å². The molecule has 0 fully saturated rings. The molecular weight excluding hydrogens is 1260 g/mol. The molecule has 584 valence electrons. The lowest BCUT2D eigenvalue weighted by atomic mass is 10.1. The molecule has 0 aromatic carbocycles. The molecule has 0 aliphatic heterocycles. The van der Waals surface area contributed by atoms with Crippen LogP contribution in [0.5, 0.6) is 0 Å². The van der Waals surface area contributed by atoms with Crippen molar-refractivity contribution in [2.24, 2.45) is 0 Å². The summed E-state index contributed by atoms with van der Waals surface area (Å²) in [5, 5.41) is 17.4.